The number of aryl methyl sites for hydroxylation is 1. The van der Waals surface area contributed by atoms with Crippen molar-refractivity contribution in [2.45, 2.75) is 19.4 Å². The normalized spacial score (nSPS) is 10.8. The van der Waals surface area contributed by atoms with Crippen LogP contribution in [0.4, 0.5) is 0 Å². The lowest BCUT2D eigenvalue weighted by atomic mass is 10.1. The lowest BCUT2D eigenvalue weighted by Crippen LogP contribution is -2.05. The summed E-state index contributed by atoms with van der Waals surface area (Å²) in [6, 6.07) is 17.7. The number of aliphatic hydroxyl groups excluding tert-OH is 1. The highest BCUT2D eigenvalue weighted by molar-refractivity contribution is 6.30. The zero-order valence-electron chi connectivity index (χ0n) is 12.0. The third-order valence-corrected chi connectivity index (χ3v) is 3.77. The van der Waals surface area contributed by atoms with Crippen molar-refractivity contribution in [1.82, 2.24) is 15.0 Å². The molecule has 0 fully saturated rings. The molecule has 112 valence electrons. The van der Waals surface area contributed by atoms with E-state index in [1.54, 1.807) is 4.68 Å². The fraction of sp³-hybridized carbons (Fsp3) is 0.176. The van der Waals surface area contributed by atoms with Gasteiger partial charge in [-0.15, -0.1) is 5.10 Å². The van der Waals surface area contributed by atoms with Gasteiger partial charge in [0.15, 0.2) is 0 Å². The Bertz CT molecular complexity index is 756. The van der Waals surface area contributed by atoms with Gasteiger partial charge >= 0.3 is 0 Å². The van der Waals surface area contributed by atoms with Gasteiger partial charge in [-0.3, -0.25) is 0 Å². The molecule has 0 amide bonds. The Balaban J connectivity index is 1.90. The summed E-state index contributed by atoms with van der Waals surface area (Å²) in [5.41, 5.74) is 3.61. The number of rotatable bonds is 5. The van der Waals surface area contributed by atoms with Crippen molar-refractivity contribution in [2.75, 3.05) is 0 Å². The van der Waals surface area contributed by atoms with Crippen LogP contribution >= 0.6 is 11.6 Å². The van der Waals surface area contributed by atoms with Crippen LogP contribution in [0.3, 0.4) is 0 Å². The molecule has 0 bridgehead atoms. The van der Waals surface area contributed by atoms with Crippen LogP contribution in [0, 0.1) is 0 Å². The van der Waals surface area contributed by atoms with Crippen molar-refractivity contribution in [3.63, 3.8) is 0 Å². The highest BCUT2D eigenvalue weighted by Gasteiger charge is 2.13. The Morgan fingerprint density at radius 1 is 1.00 bits per heavy atom. The van der Waals surface area contributed by atoms with Gasteiger partial charge in [-0.25, -0.2) is 4.68 Å². The maximum atomic E-state index is 9.49. The smallest absolute Gasteiger partial charge is 0.112 e. The van der Waals surface area contributed by atoms with Crippen LogP contribution in [-0.2, 0) is 19.4 Å². The predicted octanol–water partition coefficient (Wildman–Crippen LogP) is 3.20. The second kappa shape index (κ2) is 6.73. The van der Waals surface area contributed by atoms with Crippen molar-refractivity contribution >= 4 is 11.6 Å². The van der Waals surface area contributed by atoms with Crippen LogP contribution in [0.5, 0.6) is 0 Å². The van der Waals surface area contributed by atoms with E-state index < -0.39 is 0 Å². The Kier molecular flexibility index (Phi) is 4.51. The SMILES string of the molecule is OCc1nnn(-c2cccc(Cl)c2)c1CCc1ccccc1. The van der Waals surface area contributed by atoms with Gasteiger partial charge in [-0.1, -0.05) is 53.2 Å². The number of benzene rings is 2. The maximum absolute atomic E-state index is 9.49. The van der Waals surface area contributed by atoms with Crippen LogP contribution in [0.15, 0.2) is 54.6 Å². The van der Waals surface area contributed by atoms with Crippen LogP contribution in [0.25, 0.3) is 5.69 Å². The molecule has 0 saturated carbocycles. The summed E-state index contributed by atoms with van der Waals surface area (Å²) in [6.45, 7) is -0.120. The van der Waals surface area contributed by atoms with Gasteiger partial charge < -0.3 is 5.11 Å². The summed E-state index contributed by atoms with van der Waals surface area (Å²) >= 11 is 6.05. The Labute approximate surface area is 134 Å². The molecule has 5 heteroatoms. The van der Waals surface area contributed by atoms with E-state index in [1.807, 2.05) is 42.5 Å². The molecule has 1 heterocycles. The minimum absolute atomic E-state index is 0.120. The summed E-state index contributed by atoms with van der Waals surface area (Å²) in [5, 5.41) is 18.4. The molecule has 3 aromatic rings. The first-order valence-corrected chi connectivity index (χ1v) is 7.50. The van der Waals surface area contributed by atoms with Crippen LogP contribution in [-0.4, -0.2) is 20.1 Å². The monoisotopic (exact) mass is 313 g/mol. The first kappa shape index (κ1) is 14.8. The van der Waals surface area contributed by atoms with Crippen LogP contribution < -0.4 is 0 Å². The van der Waals surface area contributed by atoms with E-state index in [0.717, 1.165) is 24.2 Å². The second-order valence-corrected chi connectivity index (χ2v) is 5.45. The largest absolute Gasteiger partial charge is 0.390 e. The van der Waals surface area contributed by atoms with Gasteiger partial charge in [0, 0.05) is 5.02 Å². The Morgan fingerprint density at radius 2 is 1.82 bits per heavy atom. The molecule has 0 radical (unpaired) electrons. The molecule has 0 aliphatic rings. The molecular formula is C17H16ClN3O. The fourth-order valence-electron chi connectivity index (χ4n) is 2.43. The summed E-state index contributed by atoms with van der Waals surface area (Å²) in [4.78, 5) is 0. The van der Waals surface area contributed by atoms with Crippen molar-refractivity contribution in [2.24, 2.45) is 0 Å². The Morgan fingerprint density at radius 3 is 2.55 bits per heavy atom. The number of aromatic nitrogens is 3. The molecule has 0 aliphatic heterocycles. The molecule has 1 N–H and O–H groups in total. The minimum Gasteiger partial charge on any atom is -0.390 e. The zero-order chi connectivity index (χ0) is 15.4. The lowest BCUT2D eigenvalue weighted by Gasteiger charge is -2.08. The summed E-state index contributed by atoms with van der Waals surface area (Å²) < 4.78 is 1.75. The summed E-state index contributed by atoms with van der Waals surface area (Å²) in [7, 11) is 0. The summed E-state index contributed by atoms with van der Waals surface area (Å²) in [6.07, 6.45) is 1.61. The molecule has 1 aromatic heterocycles. The number of hydrogen-bond donors (Lipinski definition) is 1. The quantitative estimate of drug-likeness (QED) is 0.787. The number of nitrogens with zero attached hydrogens (tertiary/aromatic N) is 3. The van der Waals surface area contributed by atoms with Gasteiger partial charge in [-0.05, 0) is 36.6 Å². The average molecular weight is 314 g/mol. The standard InChI is InChI=1S/C17H16ClN3O/c18-14-7-4-8-15(11-14)21-17(16(12-22)19-20-21)10-9-13-5-2-1-3-6-13/h1-8,11,22H,9-10,12H2. The molecule has 0 spiro atoms. The fourth-order valence-corrected chi connectivity index (χ4v) is 2.61. The van der Waals surface area contributed by atoms with Gasteiger partial charge in [0.1, 0.15) is 5.69 Å². The molecular weight excluding hydrogens is 298 g/mol. The van der Waals surface area contributed by atoms with Gasteiger partial charge in [0.2, 0.25) is 0 Å². The molecule has 0 unspecified atom stereocenters. The minimum atomic E-state index is -0.120. The van der Waals surface area contributed by atoms with Gasteiger partial charge in [0.05, 0.1) is 18.0 Å². The highest BCUT2D eigenvalue weighted by atomic mass is 35.5. The van der Waals surface area contributed by atoms with E-state index in [4.69, 9.17) is 11.6 Å². The van der Waals surface area contributed by atoms with E-state index >= 15 is 0 Å². The first-order valence-electron chi connectivity index (χ1n) is 7.12. The summed E-state index contributed by atoms with van der Waals surface area (Å²) in [5.74, 6) is 0. The zero-order valence-corrected chi connectivity index (χ0v) is 12.7. The van der Waals surface area contributed by atoms with Crippen LogP contribution in [0.1, 0.15) is 17.0 Å². The van der Waals surface area contributed by atoms with E-state index in [2.05, 4.69) is 22.4 Å². The second-order valence-electron chi connectivity index (χ2n) is 5.02. The average Bonchev–Trinajstić information content (AvgIpc) is 2.97. The Hall–Kier alpha value is -2.17. The molecule has 0 aliphatic carbocycles. The van der Waals surface area contributed by atoms with Crippen molar-refractivity contribution in [1.29, 1.82) is 0 Å². The molecule has 2 aromatic carbocycles. The third-order valence-electron chi connectivity index (χ3n) is 3.54. The molecule has 4 nitrogen and oxygen atoms in total. The van der Waals surface area contributed by atoms with Gasteiger partial charge in [0.25, 0.3) is 0 Å². The molecule has 0 saturated heterocycles. The number of hydrogen-bond acceptors (Lipinski definition) is 3. The van der Waals surface area contributed by atoms with Crippen molar-refractivity contribution < 1.29 is 5.11 Å². The van der Waals surface area contributed by atoms with E-state index in [0.29, 0.717) is 10.7 Å². The van der Waals surface area contributed by atoms with Gasteiger partial charge in [-0.2, -0.15) is 0 Å². The number of aliphatic hydroxyl groups is 1. The third kappa shape index (κ3) is 3.18. The van der Waals surface area contributed by atoms with Crippen LogP contribution in [0.2, 0.25) is 5.02 Å². The highest BCUT2D eigenvalue weighted by Crippen LogP contribution is 2.19. The van der Waals surface area contributed by atoms with E-state index in [9.17, 15) is 5.11 Å². The lowest BCUT2D eigenvalue weighted by molar-refractivity contribution is 0.275. The first-order chi connectivity index (χ1) is 10.8. The maximum Gasteiger partial charge on any atom is 0.112 e. The van der Waals surface area contributed by atoms with E-state index in [-0.39, 0.29) is 6.61 Å². The predicted molar refractivity (Wildman–Crippen MR) is 86.1 cm³/mol. The topological polar surface area (TPSA) is 50.9 Å². The van der Waals surface area contributed by atoms with E-state index in [1.165, 1.54) is 5.56 Å². The number of halogens is 1. The molecule has 3 rings (SSSR count). The van der Waals surface area contributed by atoms with Crippen molar-refractivity contribution in [3.05, 3.63) is 76.6 Å². The molecule has 22 heavy (non-hydrogen) atoms. The molecule has 0 atom stereocenters. The van der Waals surface area contributed by atoms with Crippen molar-refractivity contribution in [3.8, 4) is 5.69 Å².